The molecule has 0 radical (unpaired) electrons. The third-order valence-corrected chi connectivity index (χ3v) is 7.10. The third-order valence-electron chi connectivity index (χ3n) is 4.17. The highest BCUT2D eigenvalue weighted by atomic mass is 35.5. The van der Waals surface area contributed by atoms with Crippen LogP contribution in [-0.2, 0) is 16.6 Å². The number of nitrogens with zero attached hydrogens (tertiary/aromatic N) is 2. The Morgan fingerprint density at radius 3 is 2.31 bits per heavy atom. The van der Waals surface area contributed by atoms with Gasteiger partial charge in [0.25, 0.3) is 15.9 Å². The molecular formula is C19H19ClN4O6S2. The number of sulfonamides is 1. The number of ether oxygens (including phenoxy) is 3. The Bertz CT molecular complexity index is 1210. The summed E-state index contributed by atoms with van der Waals surface area (Å²) in [6.07, 6.45) is 0. The number of carbonyl (C=O) groups excluding carboxylic acids is 1. The molecule has 0 spiro atoms. The Morgan fingerprint density at radius 1 is 1.06 bits per heavy atom. The monoisotopic (exact) mass is 498 g/mol. The van der Waals surface area contributed by atoms with E-state index < -0.39 is 15.9 Å². The summed E-state index contributed by atoms with van der Waals surface area (Å²) in [5, 5.41) is 10.2. The van der Waals surface area contributed by atoms with Crippen LogP contribution in [0, 0.1) is 0 Å². The van der Waals surface area contributed by atoms with Crippen LogP contribution in [-0.4, -0.2) is 45.9 Å². The molecule has 32 heavy (non-hydrogen) atoms. The van der Waals surface area contributed by atoms with Crippen LogP contribution in [0.4, 0.5) is 5.13 Å². The second kappa shape index (κ2) is 10.1. The van der Waals surface area contributed by atoms with Crippen LogP contribution in [0.1, 0.15) is 15.9 Å². The van der Waals surface area contributed by atoms with E-state index in [4.69, 9.17) is 25.8 Å². The summed E-state index contributed by atoms with van der Waals surface area (Å²) in [6, 6.07) is 9.70. The maximum absolute atomic E-state index is 12.6. The topological polar surface area (TPSA) is 129 Å². The fourth-order valence-corrected chi connectivity index (χ4v) is 4.83. The largest absolute Gasteiger partial charge is 0.493 e. The van der Waals surface area contributed by atoms with Gasteiger partial charge in [-0.05, 0) is 29.8 Å². The number of hydrogen-bond acceptors (Lipinski definition) is 9. The van der Waals surface area contributed by atoms with Crippen LogP contribution >= 0.6 is 22.9 Å². The molecule has 0 saturated heterocycles. The lowest BCUT2D eigenvalue weighted by atomic mass is 10.2. The van der Waals surface area contributed by atoms with Crippen molar-refractivity contribution in [2.45, 2.75) is 10.9 Å². The zero-order valence-electron chi connectivity index (χ0n) is 17.2. The molecule has 1 aromatic heterocycles. The first-order valence-corrected chi connectivity index (χ1v) is 11.6. The van der Waals surface area contributed by atoms with Crippen LogP contribution in [0.2, 0.25) is 5.02 Å². The second-order valence-electron chi connectivity index (χ2n) is 6.17. The molecule has 2 N–H and O–H groups in total. The molecule has 13 heteroatoms. The van der Waals surface area contributed by atoms with Gasteiger partial charge >= 0.3 is 0 Å². The van der Waals surface area contributed by atoms with Crippen LogP contribution in [0.3, 0.4) is 0 Å². The van der Waals surface area contributed by atoms with Crippen molar-refractivity contribution in [2.75, 3.05) is 26.6 Å². The van der Waals surface area contributed by atoms with E-state index in [9.17, 15) is 13.2 Å². The van der Waals surface area contributed by atoms with Crippen LogP contribution in [0.15, 0.2) is 40.7 Å². The lowest BCUT2D eigenvalue weighted by Crippen LogP contribution is -2.23. The summed E-state index contributed by atoms with van der Waals surface area (Å²) >= 11 is 6.71. The fraction of sp³-hybridized carbons (Fsp3) is 0.211. The molecule has 0 fully saturated rings. The van der Waals surface area contributed by atoms with Gasteiger partial charge in [-0.25, -0.2) is 13.1 Å². The number of methoxy groups -OCH3 is 3. The lowest BCUT2D eigenvalue weighted by Gasteiger charge is -2.14. The number of anilines is 1. The zero-order valence-corrected chi connectivity index (χ0v) is 19.6. The van der Waals surface area contributed by atoms with E-state index in [1.54, 1.807) is 30.3 Å². The van der Waals surface area contributed by atoms with Gasteiger partial charge in [0.05, 0.1) is 31.9 Å². The molecule has 0 aliphatic rings. The minimum Gasteiger partial charge on any atom is -0.493 e. The summed E-state index contributed by atoms with van der Waals surface area (Å²) in [6.45, 7) is -0.0695. The molecule has 0 saturated carbocycles. The third kappa shape index (κ3) is 5.27. The van der Waals surface area contributed by atoms with Gasteiger partial charge in [-0.15, -0.1) is 10.2 Å². The molecule has 3 aromatic rings. The number of rotatable bonds is 9. The number of halogens is 1. The molecule has 0 atom stereocenters. The second-order valence-corrected chi connectivity index (χ2v) is 9.49. The van der Waals surface area contributed by atoms with Gasteiger partial charge in [0.2, 0.25) is 15.2 Å². The summed E-state index contributed by atoms with van der Waals surface area (Å²) in [7, 11) is 0.403. The predicted octanol–water partition coefficient (Wildman–Crippen LogP) is 2.95. The molecule has 170 valence electrons. The number of nitrogens with one attached hydrogen (secondary N) is 2. The Kier molecular flexibility index (Phi) is 7.51. The SMILES string of the molecule is COc1cc(CNS(=O)(=O)c2nnc(NC(=O)c3ccccc3Cl)s2)cc(OC)c1OC. The molecular weight excluding hydrogens is 480 g/mol. The van der Waals surface area contributed by atoms with Gasteiger partial charge in [-0.1, -0.05) is 35.1 Å². The first-order chi connectivity index (χ1) is 15.3. The molecule has 0 aliphatic carbocycles. The van der Waals surface area contributed by atoms with Gasteiger partial charge in [0.15, 0.2) is 11.5 Å². The van der Waals surface area contributed by atoms with Gasteiger partial charge < -0.3 is 14.2 Å². The first kappa shape index (κ1) is 23.7. The number of carbonyl (C=O) groups is 1. The quantitative estimate of drug-likeness (QED) is 0.431. The standard InChI is InChI=1S/C19H19ClN4O6S2/c1-28-14-8-11(9-15(29-2)16(14)30-3)10-21-32(26,27)19-24-23-18(31-19)22-17(25)12-6-4-5-7-13(12)20/h4-9,21H,10H2,1-3H3,(H,22,23,25). The fourth-order valence-electron chi connectivity index (χ4n) is 2.66. The average Bonchev–Trinajstić information content (AvgIpc) is 3.26. The maximum atomic E-state index is 12.6. The van der Waals surface area contributed by atoms with Gasteiger partial charge in [-0.2, -0.15) is 0 Å². The Balaban J connectivity index is 1.72. The van der Waals surface area contributed by atoms with Gasteiger partial charge in [0.1, 0.15) is 0 Å². The summed E-state index contributed by atoms with van der Waals surface area (Å²) in [5.74, 6) is 0.647. The van der Waals surface area contributed by atoms with Crippen molar-refractivity contribution < 1.29 is 27.4 Å². The summed E-state index contributed by atoms with van der Waals surface area (Å²) < 4.78 is 43.2. The van der Waals surface area contributed by atoms with Crippen molar-refractivity contribution >= 4 is 44.0 Å². The van der Waals surface area contributed by atoms with Crippen molar-refractivity contribution in [3.63, 3.8) is 0 Å². The highest BCUT2D eigenvalue weighted by molar-refractivity contribution is 7.91. The van der Waals surface area contributed by atoms with Crippen molar-refractivity contribution in [1.82, 2.24) is 14.9 Å². The highest BCUT2D eigenvalue weighted by Gasteiger charge is 2.22. The Labute approximate surface area is 193 Å². The van der Waals surface area contributed by atoms with Crippen molar-refractivity contribution in [3.05, 3.63) is 52.5 Å². The zero-order chi connectivity index (χ0) is 23.3. The number of aromatic nitrogens is 2. The van der Waals surface area contributed by atoms with E-state index in [2.05, 4.69) is 20.2 Å². The van der Waals surface area contributed by atoms with E-state index in [-0.39, 0.29) is 26.6 Å². The lowest BCUT2D eigenvalue weighted by molar-refractivity contribution is 0.102. The molecule has 1 heterocycles. The molecule has 2 aromatic carbocycles. The van der Waals surface area contributed by atoms with Crippen LogP contribution < -0.4 is 24.2 Å². The van der Waals surface area contributed by atoms with E-state index >= 15 is 0 Å². The highest BCUT2D eigenvalue weighted by Crippen LogP contribution is 2.38. The Morgan fingerprint density at radius 2 is 1.72 bits per heavy atom. The van der Waals surface area contributed by atoms with Crippen LogP contribution in [0.5, 0.6) is 17.2 Å². The minimum atomic E-state index is -4.00. The molecule has 0 unspecified atom stereocenters. The van der Waals surface area contributed by atoms with Gasteiger partial charge in [-0.3, -0.25) is 10.1 Å². The van der Waals surface area contributed by atoms with Gasteiger partial charge in [0, 0.05) is 6.54 Å². The number of benzene rings is 2. The number of hydrogen-bond donors (Lipinski definition) is 2. The summed E-state index contributed by atoms with van der Waals surface area (Å²) in [5.41, 5.74) is 0.800. The first-order valence-electron chi connectivity index (χ1n) is 8.97. The van der Waals surface area contributed by atoms with E-state index in [0.29, 0.717) is 34.1 Å². The van der Waals surface area contributed by atoms with E-state index in [0.717, 1.165) is 0 Å². The smallest absolute Gasteiger partial charge is 0.270 e. The van der Waals surface area contributed by atoms with Crippen molar-refractivity contribution in [2.24, 2.45) is 0 Å². The molecule has 10 nitrogen and oxygen atoms in total. The summed E-state index contributed by atoms with van der Waals surface area (Å²) in [4.78, 5) is 12.3. The average molecular weight is 499 g/mol. The van der Waals surface area contributed by atoms with Crippen LogP contribution in [0.25, 0.3) is 0 Å². The molecule has 3 rings (SSSR count). The molecule has 1 amide bonds. The Hall–Kier alpha value is -2.93. The van der Waals surface area contributed by atoms with Crippen molar-refractivity contribution in [1.29, 1.82) is 0 Å². The minimum absolute atomic E-state index is 0.0167. The van der Waals surface area contributed by atoms with Crippen molar-refractivity contribution in [3.8, 4) is 17.2 Å². The number of amides is 1. The normalized spacial score (nSPS) is 11.1. The van der Waals surface area contributed by atoms with E-state index in [1.165, 1.54) is 27.4 Å². The predicted molar refractivity (Wildman–Crippen MR) is 119 cm³/mol. The molecule has 0 aliphatic heterocycles. The molecule has 0 bridgehead atoms. The van der Waals surface area contributed by atoms with E-state index in [1.807, 2.05) is 0 Å². The maximum Gasteiger partial charge on any atom is 0.270 e.